The minimum absolute atomic E-state index is 0.0941. The average Bonchev–Trinajstić information content (AvgIpc) is 3.47. The molecule has 9 nitrogen and oxygen atoms in total. The van der Waals surface area contributed by atoms with Crippen LogP contribution in [0, 0.1) is 6.92 Å². The van der Waals surface area contributed by atoms with Gasteiger partial charge in [0.15, 0.2) is 5.82 Å². The second-order valence-electron chi connectivity index (χ2n) is 10.0. The minimum Gasteiger partial charge on any atom is -0.495 e. The van der Waals surface area contributed by atoms with Crippen molar-refractivity contribution in [2.45, 2.75) is 45.3 Å². The lowest BCUT2D eigenvalue weighted by molar-refractivity contribution is 0.0121. The van der Waals surface area contributed by atoms with Gasteiger partial charge < -0.3 is 25.2 Å². The van der Waals surface area contributed by atoms with Gasteiger partial charge in [0.1, 0.15) is 28.8 Å². The van der Waals surface area contributed by atoms with Crippen LogP contribution in [0.1, 0.15) is 38.4 Å². The number of amides is 1. The number of benzene rings is 1. The number of methoxy groups -OCH3 is 1. The van der Waals surface area contributed by atoms with E-state index in [0.717, 1.165) is 31.8 Å². The third-order valence-electron chi connectivity index (χ3n) is 6.17. The molecular weight excluding hydrogens is 466 g/mol. The highest BCUT2D eigenvalue weighted by Gasteiger charge is 2.44. The maximum Gasteiger partial charge on any atom is 0.410 e. The van der Waals surface area contributed by atoms with E-state index >= 15 is 0 Å². The number of likely N-dealkylation sites (tertiary alicyclic amines) is 1. The monoisotopic (exact) mass is 495 g/mol. The van der Waals surface area contributed by atoms with E-state index in [1.54, 1.807) is 23.0 Å². The topological polar surface area (TPSA) is 115 Å². The van der Waals surface area contributed by atoms with Gasteiger partial charge in [0.25, 0.3) is 0 Å². The van der Waals surface area contributed by atoms with Gasteiger partial charge in [0.05, 0.1) is 24.0 Å². The zero-order valence-corrected chi connectivity index (χ0v) is 21.3. The maximum absolute atomic E-state index is 12.6. The third-order valence-corrected chi connectivity index (χ3v) is 7.37. The van der Waals surface area contributed by atoms with Gasteiger partial charge in [0, 0.05) is 23.4 Å². The molecule has 1 amide bonds. The highest BCUT2D eigenvalue weighted by molar-refractivity contribution is 7.22. The molecule has 35 heavy (non-hydrogen) atoms. The number of thiophene rings is 1. The van der Waals surface area contributed by atoms with Gasteiger partial charge in [-0.2, -0.15) is 5.10 Å². The number of nitrogens with two attached hydrogens (primary N) is 1. The van der Waals surface area contributed by atoms with Gasteiger partial charge in [-0.05, 0) is 56.8 Å². The Balaban J connectivity index is 1.61. The summed E-state index contributed by atoms with van der Waals surface area (Å²) < 4.78 is 13.8. The Labute approximate surface area is 207 Å². The van der Waals surface area contributed by atoms with E-state index in [0.29, 0.717) is 30.0 Å². The van der Waals surface area contributed by atoms with Crippen molar-refractivity contribution >= 4 is 38.9 Å². The van der Waals surface area contributed by atoms with Crippen LogP contribution in [0.15, 0.2) is 30.6 Å². The van der Waals surface area contributed by atoms with Crippen LogP contribution >= 0.6 is 11.3 Å². The first kappa shape index (κ1) is 23.4. The fourth-order valence-electron chi connectivity index (χ4n) is 4.62. The number of β-amino-alcohol motifs (C(OH)–C–C–N with tert-alkyl or cyclic N) is 1. The first-order valence-electron chi connectivity index (χ1n) is 11.4. The molecule has 1 fully saturated rings. The molecule has 0 radical (unpaired) electrons. The van der Waals surface area contributed by atoms with Crippen molar-refractivity contribution in [3.05, 3.63) is 41.9 Å². The normalized spacial score (nSPS) is 18.5. The van der Waals surface area contributed by atoms with Crippen molar-refractivity contribution < 1.29 is 19.4 Å². The van der Waals surface area contributed by atoms with Gasteiger partial charge in [-0.25, -0.2) is 14.3 Å². The van der Waals surface area contributed by atoms with E-state index in [1.165, 1.54) is 11.2 Å². The van der Waals surface area contributed by atoms with Crippen LogP contribution in [-0.2, 0) is 10.3 Å². The number of fused-ring (bicyclic) bond motifs is 2. The standard InChI is InChI=1S/C25H29N5O4S/c1-14-8-15-10-18(35-21(15)17(9-14)33-5)16-11-19(30-20(16)22(26)27-13-28-30)25(32)6-7-29(12-25)23(31)34-24(2,3)4/h8-11,13,32H,6-7,12H2,1-5H3,(H2,26,27,28). The molecule has 4 heterocycles. The molecule has 1 saturated heterocycles. The summed E-state index contributed by atoms with van der Waals surface area (Å²) in [6, 6.07) is 8.12. The molecule has 5 rings (SSSR count). The average molecular weight is 496 g/mol. The lowest BCUT2D eigenvalue weighted by Crippen LogP contribution is -2.38. The highest BCUT2D eigenvalue weighted by atomic mass is 32.1. The van der Waals surface area contributed by atoms with Crippen LogP contribution in [-0.4, -0.2) is 56.5 Å². The number of aliphatic hydroxyl groups is 1. The number of rotatable bonds is 3. The molecule has 1 atom stereocenters. The molecular formula is C25H29N5O4S. The van der Waals surface area contributed by atoms with Crippen molar-refractivity contribution in [2.75, 3.05) is 25.9 Å². The molecule has 184 valence electrons. The molecule has 10 heteroatoms. The van der Waals surface area contributed by atoms with Gasteiger partial charge in [-0.1, -0.05) is 6.07 Å². The van der Waals surface area contributed by atoms with Crippen LogP contribution < -0.4 is 10.5 Å². The molecule has 1 aliphatic rings. The minimum atomic E-state index is -1.32. The smallest absolute Gasteiger partial charge is 0.410 e. The Morgan fingerprint density at radius 1 is 1.26 bits per heavy atom. The number of nitrogens with zero attached hydrogens (tertiary/aromatic N) is 4. The SMILES string of the molecule is COc1cc(C)cc2cc(-c3cc(C4(O)CCN(C(=O)OC(C)(C)C)C4)n4ncnc(N)c34)sc12. The first-order chi connectivity index (χ1) is 16.5. The van der Waals surface area contributed by atoms with Crippen LogP contribution in [0.4, 0.5) is 10.6 Å². The van der Waals surface area contributed by atoms with Gasteiger partial charge in [0.2, 0.25) is 0 Å². The number of hydrogen-bond donors (Lipinski definition) is 2. The van der Waals surface area contributed by atoms with Crippen LogP contribution in [0.3, 0.4) is 0 Å². The van der Waals surface area contributed by atoms with Crippen molar-refractivity contribution in [1.82, 2.24) is 19.5 Å². The summed E-state index contributed by atoms with van der Waals surface area (Å²) in [6.45, 7) is 7.96. The van der Waals surface area contributed by atoms with Gasteiger partial charge in [-0.3, -0.25) is 0 Å². The summed E-state index contributed by atoms with van der Waals surface area (Å²) in [7, 11) is 1.66. The lowest BCUT2D eigenvalue weighted by atomic mass is 9.98. The summed E-state index contributed by atoms with van der Waals surface area (Å²) in [5.74, 6) is 1.12. The Bertz CT molecular complexity index is 1450. The molecule has 0 bridgehead atoms. The lowest BCUT2D eigenvalue weighted by Gasteiger charge is -2.26. The largest absolute Gasteiger partial charge is 0.495 e. The molecule has 1 aliphatic heterocycles. The summed E-state index contributed by atoms with van der Waals surface area (Å²) in [5, 5.41) is 17.2. The summed E-state index contributed by atoms with van der Waals surface area (Å²) in [6.07, 6.45) is 1.27. The molecule has 0 saturated carbocycles. The van der Waals surface area contributed by atoms with E-state index in [9.17, 15) is 9.90 Å². The fourth-order valence-corrected chi connectivity index (χ4v) is 5.77. The van der Waals surface area contributed by atoms with Gasteiger partial charge in [-0.15, -0.1) is 11.3 Å². The van der Waals surface area contributed by atoms with E-state index in [2.05, 4.69) is 22.2 Å². The highest BCUT2D eigenvalue weighted by Crippen LogP contribution is 2.44. The number of anilines is 1. The zero-order valence-electron chi connectivity index (χ0n) is 20.5. The molecule has 3 aromatic heterocycles. The Morgan fingerprint density at radius 3 is 2.74 bits per heavy atom. The Morgan fingerprint density at radius 2 is 2.03 bits per heavy atom. The summed E-state index contributed by atoms with van der Waals surface area (Å²) >= 11 is 1.58. The number of hydrogen-bond acceptors (Lipinski definition) is 8. The summed E-state index contributed by atoms with van der Waals surface area (Å²) in [5.41, 5.74) is 7.48. The predicted octanol–water partition coefficient (Wildman–Crippen LogP) is 4.34. The van der Waals surface area contributed by atoms with Gasteiger partial charge >= 0.3 is 6.09 Å². The molecule has 3 N–H and O–H groups in total. The van der Waals surface area contributed by atoms with Crippen molar-refractivity contribution in [2.24, 2.45) is 0 Å². The third kappa shape index (κ3) is 4.06. The number of ether oxygens (including phenoxy) is 2. The van der Waals surface area contributed by atoms with Crippen molar-refractivity contribution in [1.29, 1.82) is 0 Å². The summed E-state index contributed by atoms with van der Waals surface area (Å²) in [4.78, 5) is 19.3. The van der Waals surface area contributed by atoms with Crippen LogP contribution in [0.25, 0.3) is 26.0 Å². The fraction of sp³-hybridized carbons (Fsp3) is 0.400. The number of aromatic nitrogens is 3. The molecule has 1 unspecified atom stereocenters. The number of carbonyl (C=O) groups is 1. The van der Waals surface area contributed by atoms with Crippen molar-refractivity contribution in [3.63, 3.8) is 0 Å². The van der Waals surface area contributed by atoms with Crippen LogP contribution in [0.5, 0.6) is 5.75 Å². The van der Waals surface area contributed by atoms with E-state index in [-0.39, 0.29) is 6.54 Å². The second-order valence-corrected chi connectivity index (χ2v) is 11.1. The van der Waals surface area contributed by atoms with E-state index in [4.69, 9.17) is 15.2 Å². The van der Waals surface area contributed by atoms with Crippen LogP contribution in [0.2, 0.25) is 0 Å². The van der Waals surface area contributed by atoms with E-state index in [1.807, 2.05) is 39.8 Å². The Hall–Kier alpha value is -3.37. The Kier molecular flexibility index (Phi) is 5.41. The quantitative estimate of drug-likeness (QED) is 0.434. The molecule has 0 spiro atoms. The first-order valence-corrected chi connectivity index (χ1v) is 12.2. The number of aryl methyl sites for hydroxylation is 1. The molecule has 4 aromatic rings. The maximum atomic E-state index is 12.6. The van der Waals surface area contributed by atoms with E-state index < -0.39 is 17.3 Å². The van der Waals surface area contributed by atoms with Crippen molar-refractivity contribution in [3.8, 4) is 16.2 Å². The number of nitrogen functional groups attached to an aromatic ring is 1. The second kappa shape index (κ2) is 8.10. The predicted molar refractivity (Wildman–Crippen MR) is 136 cm³/mol. The molecule has 1 aromatic carbocycles. The number of carbonyl (C=O) groups excluding carboxylic acids is 1. The zero-order chi connectivity index (χ0) is 25.1. The molecule has 0 aliphatic carbocycles.